The van der Waals surface area contributed by atoms with Gasteiger partial charge in [-0.15, -0.1) is 0 Å². The van der Waals surface area contributed by atoms with Crippen molar-refractivity contribution in [3.63, 3.8) is 0 Å². The summed E-state index contributed by atoms with van der Waals surface area (Å²) in [7, 11) is 0. The molecule has 130 valence electrons. The molecule has 2 aliphatic heterocycles. The number of aromatic nitrogens is 1. The van der Waals surface area contributed by atoms with E-state index in [9.17, 15) is 4.79 Å². The summed E-state index contributed by atoms with van der Waals surface area (Å²) in [5.41, 5.74) is 2.08. The van der Waals surface area contributed by atoms with E-state index >= 15 is 0 Å². The van der Waals surface area contributed by atoms with Crippen LogP contribution in [-0.4, -0.2) is 41.2 Å². The molecule has 2 aliphatic rings. The molecule has 0 N–H and O–H groups in total. The van der Waals surface area contributed by atoms with E-state index in [4.69, 9.17) is 9.47 Å². The Morgan fingerprint density at radius 3 is 2.76 bits per heavy atom. The van der Waals surface area contributed by atoms with Crippen molar-refractivity contribution in [3.05, 3.63) is 59.4 Å². The third kappa shape index (κ3) is 3.12. The van der Waals surface area contributed by atoms with Crippen molar-refractivity contribution in [3.8, 4) is 5.75 Å². The van der Waals surface area contributed by atoms with Crippen LogP contribution >= 0.6 is 0 Å². The minimum absolute atomic E-state index is 0.0109. The van der Waals surface area contributed by atoms with Crippen molar-refractivity contribution in [1.82, 2.24) is 9.88 Å². The normalized spacial score (nSPS) is 19.0. The van der Waals surface area contributed by atoms with Crippen LogP contribution in [0, 0.1) is 6.92 Å². The molecule has 1 aromatic carbocycles. The Bertz CT molecular complexity index is 784. The average Bonchev–Trinajstić information content (AvgIpc) is 2.78. The summed E-state index contributed by atoms with van der Waals surface area (Å²) in [6.07, 6.45) is 3.29. The maximum absolute atomic E-state index is 13.2. The van der Waals surface area contributed by atoms with Gasteiger partial charge in [0.1, 0.15) is 11.4 Å². The highest BCUT2D eigenvalue weighted by Gasteiger charge is 2.41. The summed E-state index contributed by atoms with van der Waals surface area (Å²) in [4.78, 5) is 19.4. The van der Waals surface area contributed by atoms with Gasteiger partial charge in [0, 0.05) is 36.8 Å². The Labute approximate surface area is 147 Å². The Morgan fingerprint density at radius 1 is 1.16 bits per heavy atom. The molecule has 0 saturated carbocycles. The van der Waals surface area contributed by atoms with Crippen molar-refractivity contribution < 1.29 is 14.3 Å². The fraction of sp³-hybridized carbons (Fsp3) is 0.400. The molecular formula is C20H22N2O3. The highest BCUT2D eigenvalue weighted by molar-refractivity contribution is 5.95. The van der Waals surface area contributed by atoms with E-state index in [0.717, 1.165) is 29.8 Å². The van der Waals surface area contributed by atoms with Crippen LogP contribution in [0.1, 0.15) is 34.5 Å². The lowest BCUT2D eigenvalue weighted by Gasteiger charge is -2.39. The van der Waals surface area contributed by atoms with E-state index in [-0.39, 0.29) is 11.5 Å². The molecule has 3 heterocycles. The summed E-state index contributed by atoms with van der Waals surface area (Å²) >= 11 is 0. The highest BCUT2D eigenvalue weighted by Crippen LogP contribution is 2.35. The number of fused-ring (bicyclic) bond motifs is 1. The van der Waals surface area contributed by atoms with Crippen LogP contribution in [-0.2, 0) is 11.3 Å². The van der Waals surface area contributed by atoms with Gasteiger partial charge in [-0.3, -0.25) is 9.78 Å². The number of para-hydroxylation sites is 1. The number of rotatable bonds is 1. The summed E-state index contributed by atoms with van der Waals surface area (Å²) in [6.45, 7) is 4.32. The van der Waals surface area contributed by atoms with Crippen molar-refractivity contribution >= 4 is 5.91 Å². The number of pyridine rings is 1. The van der Waals surface area contributed by atoms with E-state index < -0.39 is 0 Å². The fourth-order valence-corrected chi connectivity index (χ4v) is 3.64. The maximum atomic E-state index is 13.2. The Morgan fingerprint density at radius 2 is 1.96 bits per heavy atom. The molecular weight excluding hydrogens is 316 g/mol. The molecule has 2 aromatic rings. The SMILES string of the molecule is Cc1ncccc1C(=O)N1Cc2ccccc2OC2(CCOCC2)C1. The summed E-state index contributed by atoms with van der Waals surface area (Å²) in [6, 6.07) is 11.7. The quantitative estimate of drug-likeness (QED) is 0.802. The lowest BCUT2D eigenvalue weighted by Crippen LogP contribution is -2.51. The number of ether oxygens (including phenoxy) is 2. The Hall–Kier alpha value is -2.40. The van der Waals surface area contributed by atoms with Gasteiger partial charge in [0.25, 0.3) is 5.91 Å². The molecule has 0 bridgehead atoms. The van der Waals surface area contributed by atoms with Crippen LogP contribution < -0.4 is 4.74 Å². The van der Waals surface area contributed by atoms with Gasteiger partial charge in [-0.1, -0.05) is 18.2 Å². The number of carbonyl (C=O) groups excluding carboxylic acids is 1. The molecule has 1 aromatic heterocycles. The number of aryl methyl sites for hydroxylation is 1. The third-order valence-corrected chi connectivity index (χ3v) is 5.07. The summed E-state index contributed by atoms with van der Waals surface area (Å²) in [5, 5.41) is 0. The smallest absolute Gasteiger partial charge is 0.256 e. The van der Waals surface area contributed by atoms with Gasteiger partial charge in [0.15, 0.2) is 0 Å². The number of hydrogen-bond acceptors (Lipinski definition) is 4. The molecule has 5 heteroatoms. The van der Waals surface area contributed by atoms with Crippen LogP contribution in [0.5, 0.6) is 5.75 Å². The van der Waals surface area contributed by atoms with Gasteiger partial charge in [-0.05, 0) is 25.1 Å². The second-order valence-corrected chi connectivity index (χ2v) is 6.80. The Balaban J connectivity index is 1.72. The first-order valence-corrected chi connectivity index (χ1v) is 8.72. The van der Waals surface area contributed by atoms with Crippen molar-refractivity contribution in [1.29, 1.82) is 0 Å². The molecule has 0 aliphatic carbocycles. The van der Waals surface area contributed by atoms with Crippen LogP contribution in [0.15, 0.2) is 42.6 Å². The first-order chi connectivity index (χ1) is 12.2. The predicted octanol–water partition coefficient (Wildman–Crippen LogP) is 2.97. The largest absolute Gasteiger partial charge is 0.485 e. The van der Waals surface area contributed by atoms with Gasteiger partial charge < -0.3 is 14.4 Å². The Kier molecular flexibility index (Phi) is 4.17. The minimum atomic E-state index is -0.378. The number of hydrogen-bond donors (Lipinski definition) is 0. The van der Waals surface area contributed by atoms with Crippen LogP contribution in [0.2, 0.25) is 0 Å². The first-order valence-electron chi connectivity index (χ1n) is 8.72. The van der Waals surface area contributed by atoms with E-state index in [0.29, 0.717) is 31.9 Å². The molecule has 1 saturated heterocycles. The summed E-state index contributed by atoms with van der Waals surface area (Å²) < 4.78 is 12.0. The van der Waals surface area contributed by atoms with Crippen molar-refractivity contribution in [2.75, 3.05) is 19.8 Å². The fourth-order valence-electron chi connectivity index (χ4n) is 3.64. The van der Waals surface area contributed by atoms with Crippen LogP contribution in [0.3, 0.4) is 0 Å². The van der Waals surface area contributed by atoms with Crippen molar-refractivity contribution in [2.24, 2.45) is 0 Å². The number of carbonyl (C=O) groups is 1. The standard InChI is InChI=1S/C20H22N2O3/c1-15-17(6-4-10-21-15)19(23)22-13-16-5-2-3-7-18(16)25-20(14-22)8-11-24-12-9-20/h2-7,10H,8-9,11-14H2,1H3. The van der Waals surface area contributed by atoms with Gasteiger partial charge in [-0.2, -0.15) is 0 Å². The van der Waals surface area contributed by atoms with Gasteiger partial charge in [-0.25, -0.2) is 0 Å². The average molecular weight is 338 g/mol. The zero-order chi connectivity index (χ0) is 17.3. The number of benzene rings is 1. The molecule has 1 amide bonds. The molecule has 1 spiro atoms. The van der Waals surface area contributed by atoms with Gasteiger partial charge >= 0.3 is 0 Å². The third-order valence-electron chi connectivity index (χ3n) is 5.07. The zero-order valence-corrected chi connectivity index (χ0v) is 14.4. The van der Waals surface area contributed by atoms with Gasteiger partial charge in [0.05, 0.1) is 25.3 Å². The topological polar surface area (TPSA) is 51.7 Å². The summed E-state index contributed by atoms with van der Waals surface area (Å²) in [5.74, 6) is 0.888. The second kappa shape index (κ2) is 6.48. The lowest BCUT2D eigenvalue weighted by atomic mass is 9.93. The minimum Gasteiger partial charge on any atom is -0.485 e. The molecule has 0 radical (unpaired) electrons. The zero-order valence-electron chi connectivity index (χ0n) is 14.4. The van der Waals surface area contributed by atoms with E-state index in [1.807, 2.05) is 48.2 Å². The molecule has 0 atom stereocenters. The highest BCUT2D eigenvalue weighted by atomic mass is 16.5. The van der Waals surface area contributed by atoms with E-state index in [2.05, 4.69) is 4.98 Å². The van der Waals surface area contributed by atoms with E-state index in [1.54, 1.807) is 6.20 Å². The monoisotopic (exact) mass is 338 g/mol. The number of nitrogens with zero attached hydrogens (tertiary/aromatic N) is 2. The molecule has 4 rings (SSSR count). The lowest BCUT2D eigenvalue weighted by molar-refractivity contribution is -0.0550. The molecule has 25 heavy (non-hydrogen) atoms. The molecule has 0 unspecified atom stereocenters. The molecule has 5 nitrogen and oxygen atoms in total. The van der Waals surface area contributed by atoms with Gasteiger partial charge in [0.2, 0.25) is 0 Å². The maximum Gasteiger partial charge on any atom is 0.256 e. The van der Waals surface area contributed by atoms with Crippen LogP contribution in [0.25, 0.3) is 0 Å². The van der Waals surface area contributed by atoms with Crippen LogP contribution in [0.4, 0.5) is 0 Å². The van der Waals surface area contributed by atoms with Crippen molar-refractivity contribution in [2.45, 2.75) is 31.9 Å². The van der Waals surface area contributed by atoms with E-state index in [1.165, 1.54) is 0 Å². The second-order valence-electron chi connectivity index (χ2n) is 6.80. The predicted molar refractivity (Wildman–Crippen MR) is 93.6 cm³/mol. The molecule has 1 fully saturated rings. The first kappa shape index (κ1) is 16.1. The number of amides is 1.